The van der Waals surface area contributed by atoms with Gasteiger partial charge in [0.1, 0.15) is 5.60 Å². The molecule has 6 nitrogen and oxygen atoms in total. The highest BCUT2D eigenvalue weighted by atomic mass is 32.2. The second kappa shape index (κ2) is 6.72. The van der Waals surface area contributed by atoms with Crippen molar-refractivity contribution in [3.63, 3.8) is 0 Å². The molecule has 1 amide bonds. The highest BCUT2D eigenvalue weighted by Crippen LogP contribution is 2.32. The molecule has 7 heteroatoms. The molecule has 132 valence electrons. The molecule has 0 aliphatic carbocycles. The predicted octanol–water partition coefficient (Wildman–Crippen LogP) is 1.77. The van der Waals surface area contributed by atoms with Gasteiger partial charge in [-0.25, -0.2) is 13.2 Å². The molecule has 0 radical (unpaired) electrons. The van der Waals surface area contributed by atoms with E-state index in [0.717, 1.165) is 32.4 Å². The lowest BCUT2D eigenvalue weighted by Crippen LogP contribution is -2.36. The number of carbonyl (C=O) groups excluding carboxylic acids is 1. The van der Waals surface area contributed by atoms with Crippen LogP contribution in [0.4, 0.5) is 4.79 Å². The van der Waals surface area contributed by atoms with Crippen LogP contribution in [-0.2, 0) is 14.6 Å². The molecule has 0 aromatic heterocycles. The van der Waals surface area contributed by atoms with E-state index in [2.05, 4.69) is 4.90 Å². The van der Waals surface area contributed by atoms with Crippen molar-refractivity contribution < 1.29 is 17.9 Å². The van der Waals surface area contributed by atoms with Gasteiger partial charge in [0, 0.05) is 26.6 Å². The molecule has 1 spiro atoms. The van der Waals surface area contributed by atoms with Crippen LogP contribution >= 0.6 is 0 Å². The number of hydrogen-bond donors (Lipinski definition) is 0. The minimum atomic E-state index is -3.25. The minimum Gasteiger partial charge on any atom is -0.441 e. The maximum Gasteiger partial charge on any atom is 0.410 e. The molecule has 2 aliphatic rings. The molecule has 24 heavy (non-hydrogen) atoms. The number of nitrogens with zero attached hydrogens (tertiary/aromatic N) is 2. The lowest BCUT2D eigenvalue weighted by molar-refractivity contribution is 0.0446. The zero-order valence-electron chi connectivity index (χ0n) is 14.0. The molecule has 2 heterocycles. The largest absolute Gasteiger partial charge is 0.441 e. The van der Waals surface area contributed by atoms with E-state index < -0.39 is 9.84 Å². The van der Waals surface area contributed by atoms with Gasteiger partial charge in [-0.3, -0.25) is 0 Å². The number of ether oxygens (including phenoxy) is 1. The Morgan fingerprint density at radius 2 is 1.92 bits per heavy atom. The van der Waals surface area contributed by atoms with Crippen molar-refractivity contribution in [3.05, 3.63) is 30.3 Å². The van der Waals surface area contributed by atoms with E-state index in [1.165, 1.54) is 0 Å². The molecule has 0 saturated carbocycles. The summed E-state index contributed by atoms with van der Waals surface area (Å²) in [7, 11) is -1.50. The summed E-state index contributed by atoms with van der Waals surface area (Å²) in [5, 5.41) is 0. The fraction of sp³-hybridized carbons (Fsp3) is 0.588. The number of hydrogen-bond acceptors (Lipinski definition) is 5. The van der Waals surface area contributed by atoms with Crippen LogP contribution in [0.3, 0.4) is 0 Å². The number of amides is 1. The van der Waals surface area contributed by atoms with Crippen molar-refractivity contribution in [3.8, 4) is 0 Å². The Morgan fingerprint density at radius 1 is 1.17 bits per heavy atom. The highest BCUT2D eigenvalue weighted by Gasteiger charge is 2.44. The van der Waals surface area contributed by atoms with Gasteiger partial charge in [-0.1, -0.05) is 18.2 Å². The summed E-state index contributed by atoms with van der Waals surface area (Å²) in [6.07, 6.45) is 2.25. The van der Waals surface area contributed by atoms with Crippen molar-refractivity contribution in [2.24, 2.45) is 0 Å². The van der Waals surface area contributed by atoms with Gasteiger partial charge in [0.2, 0.25) is 0 Å². The summed E-state index contributed by atoms with van der Waals surface area (Å²) >= 11 is 0. The van der Waals surface area contributed by atoms with Crippen LogP contribution in [0.2, 0.25) is 0 Å². The molecule has 2 aliphatic heterocycles. The Hall–Kier alpha value is -1.60. The summed E-state index contributed by atoms with van der Waals surface area (Å²) in [5.41, 5.74) is -0.390. The van der Waals surface area contributed by atoms with Gasteiger partial charge >= 0.3 is 6.09 Å². The number of carbonyl (C=O) groups is 1. The van der Waals surface area contributed by atoms with Gasteiger partial charge in [-0.05, 0) is 31.5 Å². The average Bonchev–Trinajstić information content (AvgIpc) is 2.72. The van der Waals surface area contributed by atoms with Crippen molar-refractivity contribution in [2.75, 3.05) is 39.0 Å². The van der Waals surface area contributed by atoms with Crippen LogP contribution in [-0.4, -0.2) is 68.9 Å². The molecule has 1 aromatic rings. The van der Waals surface area contributed by atoms with E-state index in [4.69, 9.17) is 4.74 Å². The van der Waals surface area contributed by atoms with Crippen LogP contribution < -0.4 is 0 Å². The molecule has 1 aromatic carbocycles. The van der Waals surface area contributed by atoms with Crippen molar-refractivity contribution in [1.82, 2.24) is 9.80 Å². The number of likely N-dealkylation sites (N-methyl/N-ethyl adjacent to an activating group) is 1. The summed E-state index contributed by atoms with van der Waals surface area (Å²) in [6.45, 7) is 2.73. The molecule has 1 atom stereocenters. The van der Waals surface area contributed by atoms with E-state index >= 15 is 0 Å². The second-order valence-electron chi connectivity index (χ2n) is 6.73. The molecular weight excluding hydrogens is 328 g/mol. The van der Waals surface area contributed by atoms with Crippen molar-refractivity contribution in [2.45, 2.75) is 29.8 Å². The lowest BCUT2D eigenvalue weighted by atomic mass is 9.95. The third-order valence-corrected chi connectivity index (χ3v) is 6.62. The predicted molar refractivity (Wildman–Crippen MR) is 90.6 cm³/mol. The first-order chi connectivity index (χ1) is 11.4. The number of likely N-dealkylation sites (tertiary alicyclic amines) is 1. The van der Waals surface area contributed by atoms with Crippen molar-refractivity contribution in [1.29, 1.82) is 0 Å². The first-order valence-electron chi connectivity index (χ1n) is 8.35. The topological polar surface area (TPSA) is 66.9 Å². The summed E-state index contributed by atoms with van der Waals surface area (Å²) in [6, 6.07) is 8.58. The zero-order valence-corrected chi connectivity index (χ0v) is 14.8. The smallest absolute Gasteiger partial charge is 0.410 e. The van der Waals surface area contributed by atoms with Crippen LogP contribution in [0, 0.1) is 0 Å². The Bertz CT molecular complexity index is 692. The maximum absolute atomic E-state index is 12.4. The Morgan fingerprint density at radius 3 is 2.58 bits per heavy atom. The minimum absolute atomic E-state index is 0.115. The standard InChI is InChI=1S/C17H24N2O4S/c1-18-14-17(23-16(18)20)8-5-10-19(11-9-17)12-13-24(21,22)15-6-3-2-4-7-15/h2-4,6-7H,5,8-14H2,1H3/t17-/m0/s1. The first-order valence-corrected chi connectivity index (χ1v) is 10.00. The molecule has 2 fully saturated rings. The number of rotatable bonds is 4. The van der Waals surface area contributed by atoms with E-state index in [9.17, 15) is 13.2 Å². The molecular formula is C17H24N2O4S. The summed E-state index contributed by atoms with van der Waals surface area (Å²) < 4.78 is 30.4. The van der Waals surface area contributed by atoms with E-state index in [1.807, 2.05) is 6.07 Å². The molecule has 3 rings (SSSR count). The van der Waals surface area contributed by atoms with Crippen LogP contribution in [0.1, 0.15) is 19.3 Å². The Kier molecular flexibility index (Phi) is 4.83. The molecule has 0 N–H and O–H groups in total. The van der Waals surface area contributed by atoms with Crippen molar-refractivity contribution >= 4 is 15.9 Å². The number of sulfone groups is 1. The fourth-order valence-electron chi connectivity index (χ4n) is 3.49. The first kappa shape index (κ1) is 17.2. The molecule has 0 unspecified atom stereocenters. The second-order valence-corrected chi connectivity index (χ2v) is 8.84. The van der Waals surface area contributed by atoms with Crippen LogP contribution in [0.25, 0.3) is 0 Å². The van der Waals surface area contributed by atoms with Gasteiger partial charge in [-0.15, -0.1) is 0 Å². The molecule has 2 saturated heterocycles. The van der Waals surface area contributed by atoms with E-state index in [-0.39, 0.29) is 17.4 Å². The zero-order chi connectivity index (χ0) is 17.2. The third kappa shape index (κ3) is 3.72. The number of benzene rings is 1. The summed E-state index contributed by atoms with van der Waals surface area (Å²) in [5.74, 6) is 0.115. The van der Waals surface area contributed by atoms with Gasteiger partial charge in [0.25, 0.3) is 0 Å². The van der Waals surface area contributed by atoms with Gasteiger partial charge in [-0.2, -0.15) is 0 Å². The maximum atomic E-state index is 12.4. The van der Waals surface area contributed by atoms with Gasteiger partial charge in [0.05, 0.1) is 17.2 Å². The Labute approximate surface area is 143 Å². The van der Waals surface area contributed by atoms with E-state index in [0.29, 0.717) is 18.0 Å². The average molecular weight is 352 g/mol. The normalized spacial score (nSPS) is 25.7. The van der Waals surface area contributed by atoms with Gasteiger partial charge in [0.15, 0.2) is 9.84 Å². The SMILES string of the molecule is CN1C[C@@]2(CCCN(CCS(=O)(=O)c3ccccc3)CC2)OC1=O. The van der Waals surface area contributed by atoms with Gasteiger partial charge < -0.3 is 14.5 Å². The molecule has 0 bridgehead atoms. The van der Waals surface area contributed by atoms with E-state index in [1.54, 1.807) is 36.2 Å². The third-order valence-electron chi connectivity index (χ3n) is 4.91. The fourth-order valence-corrected chi connectivity index (χ4v) is 4.80. The summed E-state index contributed by atoms with van der Waals surface area (Å²) in [4.78, 5) is 15.8. The lowest BCUT2D eigenvalue weighted by Gasteiger charge is -2.25. The van der Waals surface area contributed by atoms with Crippen LogP contribution in [0.15, 0.2) is 35.2 Å². The monoisotopic (exact) mass is 352 g/mol. The van der Waals surface area contributed by atoms with Crippen LogP contribution in [0.5, 0.6) is 0 Å². The highest BCUT2D eigenvalue weighted by molar-refractivity contribution is 7.91. The Balaban J connectivity index is 1.57. The quantitative estimate of drug-likeness (QED) is 0.826.